The van der Waals surface area contributed by atoms with Crippen LogP contribution in [0, 0.1) is 13.8 Å². The predicted molar refractivity (Wildman–Crippen MR) is 135 cm³/mol. The van der Waals surface area contributed by atoms with E-state index in [0.717, 1.165) is 11.3 Å². The van der Waals surface area contributed by atoms with E-state index in [2.05, 4.69) is 25.3 Å². The summed E-state index contributed by atoms with van der Waals surface area (Å²) >= 11 is 5.15. The molecular formula is C23H23N5O4S2. The fraction of sp³-hybridized carbons (Fsp3) is 0.130. The third-order valence-corrected chi connectivity index (χ3v) is 5.96. The third kappa shape index (κ3) is 7.09. The lowest BCUT2D eigenvalue weighted by molar-refractivity contribution is -0.115. The normalized spacial score (nSPS) is 11.1. The number of carbonyl (C=O) groups is 1. The van der Waals surface area contributed by atoms with Gasteiger partial charge in [-0.25, -0.2) is 23.1 Å². The Hall–Kier alpha value is -3.83. The Labute approximate surface area is 203 Å². The molecular weight excluding hydrogens is 474 g/mol. The number of hydrogen-bond donors (Lipinski definition) is 3. The SMILES string of the molecule is COc1ccc(C=CC(=O)NC(=S)Nc2ccc(S(=O)(=O)Nc3nc(C)cc(C)n3)cc2)cc1. The Bertz CT molecular complexity index is 1300. The van der Waals surface area contributed by atoms with Gasteiger partial charge < -0.3 is 10.1 Å². The van der Waals surface area contributed by atoms with Crippen molar-refractivity contribution in [1.82, 2.24) is 15.3 Å². The highest BCUT2D eigenvalue weighted by atomic mass is 32.2. The lowest BCUT2D eigenvalue weighted by Gasteiger charge is -2.10. The zero-order chi connectivity index (χ0) is 24.7. The van der Waals surface area contributed by atoms with Crippen LogP contribution >= 0.6 is 12.2 Å². The quantitative estimate of drug-likeness (QED) is 0.335. The smallest absolute Gasteiger partial charge is 0.264 e. The van der Waals surface area contributed by atoms with E-state index in [9.17, 15) is 13.2 Å². The number of aromatic nitrogens is 2. The average Bonchev–Trinajstić information content (AvgIpc) is 2.77. The monoisotopic (exact) mass is 497 g/mol. The van der Waals surface area contributed by atoms with Gasteiger partial charge in [0, 0.05) is 23.2 Å². The Kier molecular flexibility index (Phi) is 7.92. The number of nitrogens with one attached hydrogen (secondary N) is 3. The molecule has 9 nitrogen and oxygen atoms in total. The van der Waals surface area contributed by atoms with Gasteiger partial charge in [-0.3, -0.25) is 10.1 Å². The summed E-state index contributed by atoms with van der Waals surface area (Å²) in [5.41, 5.74) is 2.63. The molecule has 0 aliphatic carbocycles. The average molecular weight is 498 g/mol. The molecule has 0 fully saturated rings. The van der Waals surface area contributed by atoms with Crippen LogP contribution in [0.5, 0.6) is 5.75 Å². The van der Waals surface area contributed by atoms with Gasteiger partial charge in [-0.2, -0.15) is 0 Å². The van der Waals surface area contributed by atoms with Gasteiger partial charge in [-0.15, -0.1) is 0 Å². The highest BCUT2D eigenvalue weighted by molar-refractivity contribution is 7.92. The van der Waals surface area contributed by atoms with Gasteiger partial charge in [0.15, 0.2) is 5.11 Å². The van der Waals surface area contributed by atoms with E-state index in [0.29, 0.717) is 17.1 Å². The molecule has 0 unspecified atom stereocenters. The summed E-state index contributed by atoms with van der Waals surface area (Å²) < 4.78 is 32.7. The van der Waals surface area contributed by atoms with Crippen molar-refractivity contribution in [2.45, 2.75) is 18.7 Å². The van der Waals surface area contributed by atoms with Crippen LogP contribution in [-0.4, -0.2) is 36.5 Å². The van der Waals surface area contributed by atoms with Crippen molar-refractivity contribution < 1.29 is 17.9 Å². The van der Waals surface area contributed by atoms with E-state index in [1.807, 2.05) is 12.1 Å². The summed E-state index contributed by atoms with van der Waals surface area (Å²) in [5.74, 6) is 0.316. The number of aryl methyl sites for hydroxylation is 2. The minimum atomic E-state index is -3.87. The number of hydrogen-bond acceptors (Lipinski definition) is 7. The maximum atomic E-state index is 12.6. The highest BCUT2D eigenvalue weighted by Crippen LogP contribution is 2.17. The van der Waals surface area contributed by atoms with Crippen LogP contribution in [0.2, 0.25) is 0 Å². The molecule has 1 amide bonds. The number of anilines is 2. The van der Waals surface area contributed by atoms with Gasteiger partial charge in [-0.05, 0) is 80.2 Å². The molecule has 11 heteroatoms. The Balaban J connectivity index is 1.57. The van der Waals surface area contributed by atoms with E-state index in [1.54, 1.807) is 45.2 Å². The Morgan fingerprint density at radius 3 is 2.21 bits per heavy atom. The molecule has 1 aromatic heterocycles. The number of methoxy groups -OCH3 is 1. The second kappa shape index (κ2) is 10.9. The van der Waals surface area contributed by atoms with Crippen LogP contribution in [0.3, 0.4) is 0 Å². The highest BCUT2D eigenvalue weighted by Gasteiger charge is 2.16. The first kappa shape index (κ1) is 24.8. The number of amides is 1. The Morgan fingerprint density at radius 1 is 1.00 bits per heavy atom. The fourth-order valence-corrected chi connectivity index (χ4v) is 4.03. The van der Waals surface area contributed by atoms with E-state index < -0.39 is 15.9 Å². The molecule has 3 N–H and O–H groups in total. The van der Waals surface area contributed by atoms with Crippen molar-refractivity contribution in [2.75, 3.05) is 17.1 Å². The first-order valence-electron chi connectivity index (χ1n) is 10.0. The van der Waals surface area contributed by atoms with E-state index in [4.69, 9.17) is 17.0 Å². The van der Waals surface area contributed by atoms with Crippen LogP contribution in [0.4, 0.5) is 11.6 Å². The second-order valence-corrected chi connectivity index (χ2v) is 9.24. The molecule has 0 saturated carbocycles. The number of carbonyl (C=O) groups excluding carboxylic acids is 1. The first-order chi connectivity index (χ1) is 16.1. The van der Waals surface area contributed by atoms with Gasteiger partial charge >= 0.3 is 0 Å². The number of ether oxygens (including phenoxy) is 1. The lowest BCUT2D eigenvalue weighted by atomic mass is 10.2. The van der Waals surface area contributed by atoms with E-state index in [-0.39, 0.29) is 16.0 Å². The van der Waals surface area contributed by atoms with Gasteiger partial charge in [-0.1, -0.05) is 12.1 Å². The molecule has 3 aromatic rings. The number of sulfonamides is 1. The molecule has 0 aliphatic heterocycles. The van der Waals surface area contributed by atoms with Crippen molar-refractivity contribution in [3.8, 4) is 5.75 Å². The van der Waals surface area contributed by atoms with Crippen LogP contribution in [0.25, 0.3) is 6.08 Å². The summed E-state index contributed by atoms with van der Waals surface area (Å²) in [6.07, 6.45) is 3.00. The molecule has 0 saturated heterocycles. The van der Waals surface area contributed by atoms with Crippen molar-refractivity contribution >= 4 is 51.0 Å². The summed E-state index contributed by atoms with van der Waals surface area (Å²) in [7, 11) is -2.29. The zero-order valence-corrected chi connectivity index (χ0v) is 20.3. The molecule has 176 valence electrons. The summed E-state index contributed by atoms with van der Waals surface area (Å²) in [4.78, 5) is 20.3. The molecule has 0 aliphatic rings. The third-order valence-electron chi connectivity index (χ3n) is 4.41. The zero-order valence-electron chi connectivity index (χ0n) is 18.7. The van der Waals surface area contributed by atoms with Crippen LogP contribution in [0.15, 0.2) is 65.6 Å². The summed E-state index contributed by atoms with van der Waals surface area (Å²) in [5, 5.41) is 5.44. The van der Waals surface area contributed by atoms with Gasteiger partial charge in [0.2, 0.25) is 11.9 Å². The van der Waals surface area contributed by atoms with Gasteiger partial charge in [0.1, 0.15) is 5.75 Å². The molecule has 0 radical (unpaired) electrons. The molecule has 3 rings (SSSR count). The van der Waals surface area contributed by atoms with Crippen molar-refractivity contribution in [2.24, 2.45) is 0 Å². The molecule has 0 bridgehead atoms. The van der Waals surface area contributed by atoms with Crippen molar-refractivity contribution in [3.05, 3.63) is 77.6 Å². The second-order valence-electron chi connectivity index (χ2n) is 7.15. The topological polar surface area (TPSA) is 122 Å². The van der Waals surface area contributed by atoms with Crippen molar-refractivity contribution in [3.63, 3.8) is 0 Å². The first-order valence-corrected chi connectivity index (χ1v) is 11.9. The predicted octanol–water partition coefficient (Wildman–Crippen LogP) is 3.43. The number of thiocarbonyl (C=S) groups is 1. The maximum Gasteiger partial charge on any atom is 0.264 e. The Morgan fingerprint density at radius 2 is 1.62 bits per heavy atom. The minimum absolute atomic E-state index is 0.00582. The number of nitrogens with zero attached hydrogens (tertiary/aromatic N) is 2. The van der Waals surface area contributed by atoms with E-state index in [1.165, 1.54) is 30.3 Å². The standard InChI is InChI=1S/C23H23N5O4S2/c1-15-14-16(2)25-22(24-15)28-34(30,31)20-11-7-18(8-12-20)26-23(33)27-21(29)13-6-17-4-9-19(32-3)10-5-17/h4-14H,1-3H3,(H,24,25,28)(H2,26,27,29,33). The largest absolute Gasteiger partial charge is 0.497 e. The molecule has 0 atom stereocenters. The fourth-order valence-electron chi connectivity index (χ4n) is 2.87. The summed E-state index contributed by atoms with van der Waals surface area (Å²) in [6.45, 7) is 3.51. The molecule has 1 heterocycles. The van der Waals surface area contributed by atoms with Crippen LogP contribution in [0.1, 0.15) is 17.0 Å². The number of benzene rings is 2. The molecule has 0 spiro atoms. The van der Waals surface area contributed by atoms with Crippen LogP contribution in [-0.2, 0) is 14.8 Å². The molecule has 2 aromatic carbocycles. The minimum Gasteiger partial charge on any atom is -0.497 e. The summed E-state index contributed by atoms with van der Waals surface area (Å²) in [6, 6.07) is 14.8. The van der Waals surface area contributed by atoms with E-state index >= 15 is 0 Å². The van der Waals surface area contributed by atoms with Gasteiger partial charge in [0.05, 0.1) is 12.0 Å². The maximum absolute atomic E-state index is 12.6. The van der Waals surface area contributed by atoms with Crippen LogP contribution < -0.4 is 20.1 Å². The lowest BCUT2D eigenvalue weighted by Crippen LogP contribution is -2.32. The van der Waals surface area contributed by atoms with Gasteiger partial charge in [0.25, 0.3) is 10.0 Å². The number of rotatable bonds is 7. The van der Waals surface area contributed by atoms with Crippen molar-refractivity contribution in [1.29, 1.82) is 0 Å². The molecule has 34 heavy (non-hydrogen) atoms.